The first-order valence-corrected chi connectivity index (χ1v) is 18.7. The van der Waals surface area contributed by atoms with Gasteiger partial charge in [-0.1, -0.05) is 17.2 Å². The third-order valence-electron chi connectivity index (χ3n) is 7.14. The molecule has 288 valence electrons. The van der Waals surface area contributed by atoms with Gasteiger partial charge in [-0.15, -0.1) is 24.8 Å². The standard InChI is InChI=1S/C30H29FN12O9S3/c1-43(2,3)18-11-8-16(9-12-18)34-29-36-28(31)37-30(38-29)35-17-10-13-22(53-52-51-44)20(14-17)40-42-27-25(32)21(15-24(26(27)33)55(48,49)50)41-39-19-6-4-5-7-23(19)54(45,46)47/h4-15H,32-33H2,1-3H3,(H4-,34,35,36,37,38,44,45,46,47,48,49,50)/p+1. The van der Waals surface area contributed by atoms with Gasteiger partial charge in [0.05, 0.1) is 49.5 Å². The van der Waals surface area contributed by atoms with Crippen molar-refractivity contribution >= 4 is 95.4 Å². The highest BCUT2D eigenvalue weighted by molar-refractivity contribution is 7.94. The van der Waals surface area contributed by atoms with Crippen LogP contribution in [0.25, 0.3) is 0 Å². The third kappa shape index (κ3) is 10.3. The number of halogens is 1. The summed E-state index contributed by atoms with van der Waals surface area (Å²) in [6.45, 7) is 0. The number of aromatic nitrogens is 3. The minimum absolute atomic E-state index is 0.0708. The van der Waals surface area contributed by atoms with Crippen LogP contribution in [0.5, 0.6) is 0 Å². The van der Waals surface area contributed by atoms with Crippen LogP contribution in [0, 0.1) is 6.08 Å². The maximum absolute atomic E-state index is 14.5. The summed E-state index contributed by atoms with van der Waals surface area (Å²) < 4.78 is 87.2. The summed E-state index contributed by atoms with van der Waals surface area (Å²) >= 11 is 0.466. The maximum atomic E-state index is 14.5. The molecule has 1 aromatic heterocycles. The van der Waals surface area contributed by atoms with Crippen molar-refractivity contribution in [2.24, 2.45) is 20.5 Å². The van der Waals surface area contributed by atoms with Gasteiger partial charge in [0.2, 0.25) is 11.9 Å². The fourth-order valence-corrected chi connectivity index (χ4v) is 6.22. The smallest absolute Gasteiger partial charge is 0.315 e. The van der Waals surface area contributed by atoms with Gasteiger partial charge >= 0.3 is 6.08 Å². The van der Waals surface area contributed by atoms with E-state index in [9.17, 15) is 30.3 Å². The zero-order valence-electron chi connectivity index (χ0n) is 28.6. The van der Waals surface area contributed by atoms with Crippen molar-refractivity contribution in [1.29, 1.82) is 0 Å². The van der Waals surface area contributed by atoms with Gasteiger partial charge in [-0.2, -0.15) is 36.2 Å². The van der Waals surface area contributed by atoms with Crippen LogP contribution in [0.2, 0.25) is 0 Å². The van der Waals surface area contributed by atoms with E-state index in [1.807, 2.05) is 33.3 Å². The van der Waals surface area contributed by atoms with Crippen molar-refractivity contribution in [2.45, 2.75) is 14.7 Å². The van der Waals surface area contributed by atoms with E-state index in [2.05, 4.69) is 55.4 Å². The molecule has 9 N–H and O–H groups in total. The van der Waals surface area contributed by atoms with Crippen LogP contribution in [-0.4, -0.2) is 67.3 Å². The van der Waals surface area contributed by atoms with Crippen LogP contribution in [0.1, 0.15) is 0 Å². The molecule has 5 rings (SSSR count). The van der Waals surface area contributed by atoms with E-state index in [1.54, 1.807) is 12.1 Å². The Balaban J connectivity index is 1.50. The molecular weight excluding hydrogens is 788 g/mol. The highest BCUT2D eigenvalue weighted by Gasteiger charge is 2.23. The number of nitrogen functional groups attached to an aromatic ring is 2. The summed E-state index contributed by atoms with van der Waals surface area (Å²) in [6, 6.07) is 17.2. The van der Waals surface area contributed by atoms with Crippen molar-refractivity contribution in [3.8, 4) is 0 Å². The largest absolute Gasteiger partial charge is 0.396 e. The molecule has 0 amide bonds. The number of rotatable bonds is 14. The van der Waals surface area contributed by atoms with E-state index < -0.39 is 58.9 Å². The highest BCUT2D eigenvalue weighted by Crippen LogP contribution is 2.44. The predicted molar refractivity (Wildman–Crippen MR) is 199 cm³/mol. The average Bonchev–Trinajstić information content (AvgIpc) is 3.09. The number of nitrogens with one attached hydrogen (secondary N) is 2. The maximum Gasteiger partial charge on any atom is 0.315 e. The Bertz CT molecular complexity index is 2520. The number of hydrogen-bond acceptors (Lipinski definition) is 19. The zero-order valence-corrected chi connectivity index (χ0v) is 31.0. The number of hydrogen-bond donors (Lipinski definition) is 7. The number of nitrogens with zero attached hydrogens (tertiary/aromatic N) is 8. The third-order valence-corrected chi connectivity index (χ3v) is 9.59. The van der Waals surface area contributed by atoms with Gasteiger partial charge in [0, 0.05) is 23.5 Å². The molecule has 0 saturated heterocycles. The van der Waals surface area contributed by atoms with Gasteiger partial charge in [0.1, 0.15) is 38.2 Å². The quantitative estimate of drug-likeness (QED) is 0.0118. The summed E-state index contributed by atoms with van der Waals surface area (Å²) in [6.07, 6.45) is -1.11. The summed E-state index contributed by atoms with van der Waals surface area (Å²) in [5.41, 5.74) is 11.6. The van der Waals surface area contributed by atoms with E-state index in [0.717, 1.165) is 17.8 Å². The van der Waals surface area contributed by atoms with Crippen LogP contribution in [0.4, 0.5) is 67.5 Å². The van der Waals surface area contributed by atoms with E-state index in [0.29, 0.717) is 22.2 Å². The van der Waals surface area contributed by atoms with Gasteiger partial charge in [-0.25, -0.2) is 5.26 Å². The molecule has 0 fully saturated rings. The minimum atomic E-state index is -5.04. The van der Waals surface area contributed by atoms with Crippen LogP contribution in [-0.2, 0) is 29.6 Å². The van der Waals surface area contributed by atoms with Crippen LogP contribution < -0.4 is 26.6 Å². The molecule has 0 aliphatic carbocycles. The lowest BCUT2D eigenvalue weighted by atomic mass is 10.2. The Morgan fingerprint density at radius 2 is 1.31 bits per heavy atom. The average molecular weight is 818 g/mol. The van der Waals surface area contributed by atoms with Crippen LogP contribution in [0.15, 0.2) is 108 Å². The molecule has 55 heavy (non-hydrogen) atoms. The van der Waals surface area contributed by atoms with Crippen molar-refractivity contribution in [1.82, 2.24) is 19.4 Å². The first kappa shape index (κ1) is 40.4. The zero-order chi connectivity index (χ0) is 40.1. The second-order valence-electron chi connectivity index (χ2n) is 11.9. The van der Waals surface area contributed by atoms with Gasteiger partial charge in [0.25, 0.3) is 20.2 Å². The molecule has 0 unspecified atom stereocenters. The molecule has 1 heterocycles. The molecule has 5 aromatic rings. The van der Waals surface area contributed by atoms with Gasteiger partial charge in [-0.3, -0.25) is 13.6 Å². The lowest BCUT2D eigenvalue weighted by molar-refractivity contribution is -0.432. The topological polar surface area (TPSA) is 312 Å². The minimum Gasteiger partial charge on any atom is -0.396 e. The first-order chi connectivity index (χ1) is 25.8. The summed E-state index contributed by atoms with van der Waals surface area (Å²) in [5.74, 6) is -0.344. The molecule has 0 radical (unpaired) electrons. The number of nitrogens with two attached hydrogens (primary N) is 2. The van der Waals surface area contributed by atoms with E-state index in [4.69, 9.17) is 16.7 Å². The Kier molecular flexibility index (Phi) is 12.0. The molecule has 0 aliphatic rings. The number of azo groups is 2. The molecule has 0 aliphatic heterocycles. The van der Waals surface area contributed by atoms with Crippen LogP contribution >= 0.6 is 12.0 Å². The van der Waals surface area contributed by atoms with E-state index in [-0.39, 0.29) is 33.9 Å². The lowest BCUT2D eigenvalue weighted by Gasteiger charge is -2.23. The fraction of sp³-hybridized carbons (Fsp3) is 0.100. The Hall–Kier alpha value is -5.77. The predicted octanol–water partition coefficient (Wildman–Crippen LogP) is 6.61. The molecule has 4 aromatic carbocycles. The molecule has 0 bridgehead atoms. The second kappa shape index (κ2) is 16.3. The monoisotopic (exact) mass is 817 g/mol. The molecule has 21 nitrogen and oxygen atoms in total. The fourth-order valence-electron chi connectivity index (χ4n) is 4.54. The van der Waals surface area contributed by atoms with Crippen molar-refractivity contribution in [3.05, 3.63) is 78.9 Å². The number of anilines is 6. The number of benzene rings is 4. The first-order valence-electron chi connectivity index (χ1n) is 15.1. The Morgan fingerprint density at radius 1 is 0.727 bits per heavy atom. The molecule has 0 atom stereocenters. The molecule has 0 saturated carbocycles. The van der Waals surface area contributed by atoms with Gasteiger partial charge in [-0.05, 0) is 48.5 Å². The van der Waals surface area contributed by atoms with E-state index in [1.165, 1.54) is 36.4 Å². The van der Waals surface area contributed by atoms with Crippen LogP contribution in [0.3, 0.4) is 0 Å². The molecular formula is C30H30FN12O9S3+. The van der Waals surface area contributed by atoms with E-state index >= 15 is 0 Å². The molecule has 25 heteroatoms. The lowest BCUT2D eigenvalue weighted by Crippen LogP contribution is -2.34. The number of quaternary nitrogens is 1. The summed E-state index contributed by atoms with van der Waals surface area (Å²) in [4.78, 5) is 10.2. The Morgan fingerprint density at radius 3 is 1.93 bits per heavy atom. The highest BCUT2D eigenvalue weighted by atomic mass is 32.2. The van der Waals surface area contributed by atoms with Crippen molar-refractivity contribution in [2.75, 3.05) is 43.2 Å². The summed E-state index contributed by atoms with van der Waals surface area (Å²) in [7, 11) is -3.77. The SMILES string of the molecule is C[N+](C)(C)c1ccc(Nc2nc(F)nc(Nc3ccc(SOOO)c(N=Nc4c(N)c(N=Nc5ccccc5S(=O)(=O)O)cc(S(=O)(=O)O)c4N)c3)n2)cc1. The van der Waals surface area contributed by atoms with Gasteiger partial charge in [0.15, 0.2) is 0 Å². The second-order valence-corrected chi connectivity index (χ2v) is 15.4. The molecule has 0 spiro atoms. The van der Waals surface area contributed by atoms with Crippen molar-refractivity contribution in [3.63, 3.8) is 0 Å². The van der Waals surface area contributed by atoms with Crippen molar-refractivity contribution < 1.29 is 45.0 Å². The summed E-state index contributed by atoms with van der Waals surface area (Å²) in [5, 5.41) is 33.8. The normalized spacial score (nSPS) is 12.4. The Labute approximate surface area is 316 Å². The van der Waals surface area contributed by atoms with Gasteiger partial charge < -0.3 is 22.1 Å².